The van der Waals surface area contributed by atoms with Crippen molar-refractivity contribution in [1.82, 2.24) is 0 Å². The minimum Gasteiger partial charge on any atom is -0.497 e. The Hall–Kier alpha value is -1.76. The molecule has 5 heteroatoms. The van der Waals surface area contributed by atoms with Crippen LogP contribution < -0.4 is 9.47 Å². The number of alkyl halides is 1. The van der Waals surface area contributed by atoms with E-state index in [9.17, 15) is 4.79 Å². The molecule has 2 aromatic carbocycles. The Labute approximate surface area is 136 Å². The number of methoxy groups -OCH3 is 1. The first-order chi connectivity index (χ1) is 10.2. The van der Waals surface area contributed by atoms with E-state index in [0.29, 0.717) is 15.9 Å². The monoisotopic (exact) mass is 396 g/mol. The van der Waals surface area contributed by atoms with Crippen molar-refractivity contribution in [1.29, 1.82) is 0 Å². The quantitative estimate of drug-likeness (QED) is 0.342. The highest BCUT2D eigenvalue weighted by Crippen LogP contribution is 2.45. The lowest BCUT2D eigenvalue weighted by Crippen LogP contribution is -2.40. The molecule has 108 valence electrons. The Morgan fingerprint density at radius 2 is 1.95 bits per heavy atom. The lowest BCUT2D eigenvalue weighted by atomic mass is 9.86. The largest absolute Gasteiger partial charge is 0.515 e. The minimum atomic E-state index is -0.835. The molecule has 0 aliphatic carbocycles. The van der Waals surface area contributed by atoms with Crippen LogP contribution in [-0.4, -0.2) is 17.7 Å². The van der Waals surface area contributed by atoms with Gasteiger partial charge in [0.25, 0.3) is 0 Å². The van der Waals surface area contributed by atoms with Crippen LogP contribution in [0.15, 0.2) is 48.5 Å². The maximum Gasteiger partial charge on any atom is 0.515 e. The molecule has 1 unspecified atom stereocenters. The fraction of sp³-hybridized carbons (Fsp3) is 0.188. The zero-order valence-corrected chi connectivity index (χ0v) is 13.5. The highest BCUT2D eigenvalue weighted by atomic mass is 127. The number of hydrogen-bond acceptors (Lipinski definition) is 4. The molecule has 4 nitrogen and oxygen atoms in total. The smallest absolute Gasteiger partial charge is 0.497 e. The summed E-state index contributed by atoms with van der Waals surface area (Å²) in [5.41, 5.74) is 0.907. The first kappa shape index (κ1) is 14.2. The van der Waals surface area contributed by atoms with Crippen molar-refractivity contribution < 1.29 is 19.0 Å². The molecule has 0 saturated carbocycles. The number of rotatable bonds is 3. The van der Waals surface area contributed by atoms with E-state index in [-0.39, 0.29) is 0 Å². The van der Waals surface area contributed by atoms with E-state index in [1.165, 1.54) is 0 Å². The second-order valence-corrected chi connectivity index (χ2v) is 5.41. The van der Waals surface area contributed by atoms with Crippen molar-refractivity contribution in [2.45, 2.75) is 5.60 Å². The Morgan fingerprint density at radius 3 is 2.62 bits per heavy atom. The van der Waals surface area contributed by atoms with Crippen LogP contribution in [0, 0.1) is 0 Å². The third-order valence-electron chi connectivity index (χ3n) is 3.50. The summed E-state index contributed by atoms with van der Waals surface area (Å²) >= 11 is 2.22. The summed E-state index contributed by atoms with van der Waals surface area (Å²) in [7, 11) is 1.58. The van der Waals surface area contributed by atoms with Gasteiger partial charge in [-0.1, -0.05) is 52.9 Å². The molecule has 0 saturated heterocycles. The zero-order chi connectivity index (χ0) is 14.9. The van der Waals surface area contributed by atoms with Crippen LogP contribution in [0.25, 0.3) is 0 Å². The van der Waals surface area contributed by atoms with E-state index in [4.69, 9.17) is 14.2 Å². The third kappa shape index (κ3) is 2.35. The molecule has 0 aromatic heterocycles. The number of hydrogen-bond donors (Lipinski definition) is 0. The molecule has 0 N–H and O–H groups in total. The molecule has 0 bridgehead atoms. The Balaban J connectivity index is 2.21. The van der Waals surface area contributed by atoms with Gasteiger partial charge in [-0.05, 0) is 12.1 Å². The van der Waals surface area contributed by atoms with Gasteiger partial charge in [0.15, 0.2) is 5.60 Å². The van der Waals surface area contributed by atoms with Crippen LogP contribution in [0.2, 0.25) is 0 Å². The van der Waals surface area contributed by atoms with E-state index in [1.807, 2.05) is 42.5 Å². The van der Waals surface area contributed by atoms with Gasteiger partial charge in [0.1, 0.15) is 11.5 Å². The lowest BCUT2D eigenvalue weighted by molar-refractivity contribution is 0.00670. The van der Waals surface area contributed by atoms with E-state index >= 15 is 0 Å². The standard InChI is InChI=1S/C16H13IO4/c1-19-12-7-8-13-14(9-12)20-15(18)21-16(13,10-17)11-5-3-2-4-6-11/h2-9H,10H2,1H3. The molecule has 0 fully saturated rings. The fourth-order valence-corrected chi connectivity index (χ4v) is 3.46. The van der Waals surface area contributed by atoms with Crippen LogP contribution in [0.3, 0.4) is 0 Å². The number of cyclic esters (lactones) is 1. The number of carbonyl (C=O) groups is 1. The van der Waals surface area contributed by atoms with Crippen LogP contribution in [0.5, 0.6) is 11.5 Å². The first-order valence-electron chi connectivity index (χ1n) is 6.40. The maximum absolute atomic E-state index is 11.9. The first-order valence-corrected chi connectivity index (χ1v) is 7.93. The molecular formula is C16H13IO4. The molecule has 1 heterocycles. The molecule has 0 radical (unpaired) electrons. The average molecular weight is 396 g/mol. The minimum absolute atomic E-state index is 0.478. The normalized spacial score (nSPS) is 20.2. The molecule has 1 aliphatic rings. The van der Waals surface area contributed by atoms with Crippen molar-refractivity contribution in [2.24, 2.45) is 0 Å². The zero-order valence-electron chi connectivity index (χ0n) is 11.3. The Bertz CT molecular complexity index is 671. The van der Waals surface area contributed by atoms with Gasteiger partial charge >= 0.3 is 6.16 Å². The molecule has 2 aromatic rings. The van der Waals surface area contributed by atoms with E-state index in [0.717, 1.165) is 11.1 Å². The Morgan fingerprint density at radius 1 is 1.19 bits per heavy atom. The summed E-state index contributed by atoms with van der Waals surface area (Å²) in [6, 6.07) is 15.1. The summed E-state index contributed by atoms with van der Waals surface area (Å²) in [6.45, 7) is 0. The van der Waals surface area contributed by atoms with Gasteiger partial charge in [-0.25, -0.2) is 4.79 Å². The van der Waals surface area contributed by atoms with Gasteiger partial charge in [0.05, 0.1) is 7.11 Å². The van der Waals surface area contributed by atoms with E-state index in [1.54, 1.807) is 13.2 Å². The van der Waals surface area contributed by atoms with Crippen molar-refractivity contribution >= 4 is 28.7 Å². The average Bonchev–Trinajstić information content (AvgIpc) is 2.54. The Kier molecular flexibility index (Phi) is 3.75. The van der Waals surface area contributed by atoms with Crippen LogP contribution in [0.1, 0.15) is 11.1 Å². The number of halogens is 1. The maximum atomic E-state index is 11.9. The molecule has 1 aliphatic heterocycles. The summed E-state index contributed by atoms with van der Waals surface area (Å²) in [5.74, 6) is 1.12. The highest BCUT2D eigenvalue weighted by Gasteiger charge is 2.44. The van der Waals surface area contributed by atoms with Crippen molar-refractivity contribution in [3.63, 3.8) is 0 Å². The van der Waals surface area contributed by atoms with Gasteiger partial charge < -0.3 is 14.2 Å². The van der Waals surface area contributed by atoms with Gasteiger partial charge in [-0.15, -0.1) is 0 Å². The molecule has 0 spiro atoms. The topological polar surface area (TPSA) is 44.8 Å². The number of benzene rings is 2. The third-order valence-corrected chi connectivity index (χ3v) is 4.58. The van der Waals surface area contributed by atoms with Crippen molar-refractivity contribution in [3.8, 4) is 11.5 Å². The van der Waals surface area contributed by atoms with E-state index < -0.39 is 11.8 Å². The second kappa shape index (κ2) is 5.55. The lowest BCUT2D eigenvalue weighted by Gasteiger charge is -2.36. The summed E-state index contributed by atoms with van der Waals surface area (Å²) in [5, 5.41) is 0. The summed E-state index contributed by atoms with van der Waals surface area (Å²) < 4.78 is 16.6. The number of ether oxygens (including phenoxy) is 3. The van der Waals surface area contributed by atoms with Gasteiger partial charge in [0.2, 0.25) is 0 Å². The molecule has 21 heavy (non-hydrogen) atoms. The van der Waals surface area contributed by atoms with Crippen molar-refractivity contribution in [2.75, 3.05) is 11.5 Å². The van der Waals surface area contributed by atoms with E-state index in [2.05, 4.69) is 22.6 Å². The SMILES string of the molecule is COc1ccc2c(c1)OC(=O)OC2(CI)c1ccccc1. The molecule has 0 amide bonds. The number of carbonyl (C=O) groups excluding carboxylic acids is 1. The predicted molar refractivity (Wildman–Crippen MR) is 86.2 cm³/mol. The molecular weight excluding hydrogens is 383 g/mol. The van der Waals surface area contributed by atoms with Crippen LogP contribution in [0.4, 0.5) is 4.79 Å². The second-order valence-electron chi connectivity index (χ2n) is 4.64. The van der Waals surface area contributed by atoms with Crippen molar-refractivity contribution in [3.05, 3.63) is 59.7 Å². The summed E-state index contributed by atoms with van der Waals surface area (Å²) in [4.78, 5) is 11.9. The summed E-state index contributed by atoms with van der Waals surface area (Å²) in [6.07, 6.45) is -0.698. The predicted octanol–water partition coefficient (Wildman–Crippen LogP) is 3.90. The number of fused-ring (bicyclic) bond motifs is 1. The van der Waals surface area contributed by atoms with Gasteiger partial charge in [0, 0.05) is 21.6 Å². The van der Waals surface area contributed by atoms with Crippen LogP contribution in [-0.2, 0) is 10.3 Å². The van der Waals surface area contributed by atoms with Gasteiger partial charge in [-0.2, -0.15) is 0 Å². The van der Waals surface area contributed by atoms with Gasteiger partial charge in [-0.3, -0.25) is 0 Å². The van der Waals surface area contributed by atoms with Crippen LogP contribution >= 0.6 is 22.6 Å². The highest BCUT2D eigenvalue weighted by molar-refractivity contribution is 14.1. The molecule has 1 atom stereocenters. The fourth-order valence-electron chi connectivity index (χ4n) is 2.45. The molecule has 3 rings (SSSR count).